The second-order valence-corrected chi connectivity index (χ2v) is 10.1. The van der Waals surface area contributed by atoms with E-state index in [9.17, 15) is 24.9 Å². The Labute approximate surface area is 197 Å². The Kier molecular flexibility index (Phi) is 5.24. The van der Waals surface area contributed by atoms with E-state index < -0.39 is 41.0 Å². The van der Waals surface area contributed by atoms with Crippen molar-refractivity contribution in [3.8, 4) is 5.75 Å². The molecule has 1 aromatic rings. The van der Waals surface area contributed by atoms with E-state index in [4.69, 9.17) is 13.2 Å². The van der Waals surface area contributed by atoms with Crippen molar-refractivity contribution in [2.24, 2.45) is 23.5 Å². The van der Waals surface area contributed by atoms with Gasteiger partial charge in [0.1, 0.15) is 0 Å². The topological polar surface area (TPSA) is 124 Å². The van der Waals surface area contributed by atoms with Gasteiger partial charge in [-0.1, -0.05) is 0 Å². The molecule has 0 saturated heterocycles. The molecule has 1 aromatic carbocycles. The molecule has 9 heteroatoms. The van der Waals surface area contributed by atoms with Gasteiger partial charge >= 0.3 is 184 Å². The summed E-state index contributed by atoms with van der Waals surface area (Å²) in [4.78, 5) is 27.5. The average Bonchev–Trinajstić information content (AvgIpc) is 2.76. The average molecular weight is 465 g/mol. The third kappa shape index (κ3) is 3.09. The molecule has 5 rings (SSSR count). The number of hydrogen-bond acceptors (Lipinski definition) is 6. The first kappa shape index (κ1) is 22.8. The number of ketones is 1. The molecule has 3 atom stereocenters. The summed E-state index contributed by atoms with van der Waals surface area (Å²) in [6.07, 6.45) is 0.988. The van der Waals surface area contributed by atoms with Gasteiger partial charge in [-0.25, -0.2) is 0 Å². The second kappa shape index (κ2) is 7.80. The number of primary amides is 1. The summed E-state index contributed by atoms with van der Waals surface area (Å²) in [7, 11) is 6.12. The molecular formula is C25H27BFN2O5. The van der Waals surface area contributed by atoms with E-state index in [1.54, 1.807) is 0 Å². The summed E-state index contributed by atoms with van der Waals surface area (Å²) >= 11 is 0. The van der Waals surface area contributed by atoms with Gasteiger partial charge in [-0.05, 0) is 13.8 Å². The standard InChI is InChI=1S/C25H27BFN2O5/c1-9(2)29-4-3-12-14(8-29)21(27)13-6-10-5-11-7-15(30)19(25(28)34)20(26)16(11)23(32)17(10)24(33)18(13)22(12)31/h9-11,16,30-31,33H,3-8H2,1-2H3,(H2,28,34). The van der Waals surface area contributed by atoms with Crippen LogP contribution in [0.1, 0.15) is 48.9 Å². The number of phenols is 1. The van der Waals surface area contributed by atoms with Gasteiger partial charge in [0.05, 0.1) is 0 Å². The first-order valence-electron chi connectivity index (χ1n) is 11.6. The van der Waals surface area contributed by atoms with Crippen molar-refractivity contribution in [2.45, 2.75) is 52.1 Å². The number of rotatable bonds is 2. The van der Waals surface area contributed by atoms with Gasteiger partial charge in [-0.2, -0.15) is 0 Å². The quantitative estimate of drug-likeness (QED) is 0.496. The van der Waals surface area contributed by atoms with Crippen molar-refractivity contribution in [3.63, 3.8) is 0 Å². The zero-order valence-corrected chi connectivity index (χ0v) is 19.2. The van der Waals surface area contributed by atoms with Crippen LogP contribution in [-0.2, 0) is 29.0 Å². The molecule has 34 heavy (non-hydrogen) atoms. The minimum absolute atomic E-state index is 0.0183. The van der Waals surface area contributed by atoms with E-state index in [0.29, 0.717) is 37.1 Å². The molecule has 1 aliphatic heterocycles. The van der Waals surface area contributed by atoms with Gasteiger partial charge in [0.2, 0.25) is 0 Å². The Morgan fingerprint density at radius 2 is 1.88 bits per heavy atom. The number of halogens is 1. The number of benzene rings is 1. The number of aliphatic hydroxyl groups excluding tert-OH is 2. The number of nitrogens with zero attached hydrogens (tertiary/aromatic N) is 1. The Hall–Kier alpha value is -2.94. The fourth-order valence-corrected chi connectivity index (χ4v) is 6.35. The van der Waals surface area contributed by atoms with Crippen LogP contribution in [0.2, 0.25) is 0 Å². The molecule has 0 spiro atoms. The molecule has 1 saturated carbocycles. The van der Waals surface area contributed by atoms with Gasteiger partial charge < -0.3 is 0 Å². The van der Waals surface area contributed by atoms with E-state index in [0.717, 1.165) is 0 Å². The number of amides is 1. The molecule has 177 valence electrons. The summed E-state index contributed by atoms with van der Waals surface area (Å²) in [6.45, 7) is 5.08. The molecular weight excluding hydrogens is 438 g/mol. The van der Waals surface area contributed by atoms with Gasteiger partial charge in [-0.15, -0.1) is 0 Å². The Balaban J connectivity index is 1.62. The molecule has 3 unspecified atom stereocenters. The first-order chi connectivity index (χ1) is 16.0. The van der Waals surface area contributed by atoms with Crippen molar-refractivity contribution < 1.29 is 29.3 Å². The summed E-state index contributed by atoms with van der Waals surface area (Å²) in [5, 5.41) is 32.6. The molecule has 7 nitrogen and oxygen atoms in total. The molecule has 1 amide bonds. The van der Waals surface area contributed by atoms with E-state index >= 15 is 4.39 Å². The van der Waals surface area contributed by atoms with Crippen LogP contribution in [0.4, 0.5) is 4.39 Å². The molecule has 1 radical (unpaired) electrons. The monoisotopic (exact) mass is 465 g/mol. The molecule has 5 N–H and O–H groups in total. The van der Waals surface area contributed by atoms with Crippen molar-refractivity contribution in [1.29, 1.82) is 0 Å². The minimum atomic E-state index is -0.919. The van der Waals surface area contributed by atoms with Crippen LogP contribution in [0.3, 0.4) is 0 Å². The number of fused-ring (bicyclic) bond motifs is 4. The van der Waals surface area contributed by atoms with Crippen molar-refractivity contribution in [3.05, 3.63) is 45.0 Å². The molecule has 1 fully saturated rings. The molecule has 3 aliphatic carbocycles. The van der Waals surface area contributed by atoms with Crippen molar-refractivity contribution in [2.75, 3.05) is 6.54 Å². The number of carbonyl (C=O) groups is 2. The molecule has 0 aromatic heterocycles. The van der Waals surface area contributed by atoms with Gasteiger partial charge in [0, 0.05) is 0 Å². The predicted molar refractivity (Wildman–Crippen MR) is 125 cm³/mol. The fraction of sp³-hybridized carbons (Fsp3) is 0.480. The zero-order chi connectivity index (χ0) is 24.6. The number of aliphatic hydroxyl groups is 2. The predicted octanol–water partition coefficient (Wildman–Crippen LogP) is 1.99. The van der Waals surface area contributed by atoms with E-state index in [2.05, 4.69) is 4.90 Å². The van der Waals surface area contributed by atoms with Crippen LogP contribution < -0.4 is 5.73 Å². The van der Waals surface area contributed by atoms with Gasteiger partial charge in [-0.3, -0.25) is 0 Å². The van der Waals surface area contributed by atoms with Crippen molar-refractivity contribution >= 4 is 30.4 Å². The number of phenolic OH excluding ortho intramolecular Hbond substituents is 1. The third-order valence-electron chi connectivity index (χ3n) is 8.03. The van der Waals surface area contributed by atoms with Crippen molar-refractivity contribution in [1.82, 2.24) is 4.90 Å². The Bertz CT molecular complexity index is 1230. The number of Topliss-reactive ketones (excluding diaryl/α,β-unsaturated/α-hetero) is 1. The first-order valence-corrected chi connectivity index (χ1v) is 11.6. The Morgan fingerprint density at radius 1 is 1.18 bits per heavy atom. The maximum atomic E-state index is 15.8. The Morgan fingerprint density at radius 3 is 2.53 bits per heavy atom. The summed E-state index contributed by atoms with van der Waals surface area (Å²) in [6, 6.07) is 0.220. The number of allylic oxidation sites excluding steroid dienone is 2. The molecule has 0 bridgehead atoms. The maximum absolute atomic E-state index is 15.8. The summed E-state index contributed by atoms with van der Waals surface area (Å²) in [5.74, 6) is -4.50. The normalized spacial score (nSPS) is 26.9. The van der Waals surface area contributed by atoms with Crippen LogP contribution in [0.5, 0.6) is 5.75 Å². The third-order valence-corrected chi connectivity index (χ3v) is 8.03. The number of nitrogens with two attached hydrogens (primary N) is 1. The number of hydrogen-bond donors (Lipinski definition) is 4. The molecule has 1 heterocycles. The second-order valence-electron chi connectivity index (χ2n) is 10.1. The van der Waals surface area contributed by atoms with Crippen LogP contribution in [0.25, 0.3) is 5.76 Å². The molecule has 4 aliphatic rings. The van der Waals surface area contributed by atoms with Crippen LogP contribution in [-0.4, -0.2) is 57.4 Å². The summed E-state index contributed by atoms with van der Waals surface area (Å²) < 4.78 is 15.8. The number of carbonyl (C=O) groups excluding carboxylic acids is 2. The number of aromatic hydroxyl groups is 1. The zero-order valence-electron chi connectivity index (χ0n) is 19.2. The van der Waals surface area contributed by atoms with Crippen LogP contribution in [0.15, 0.2) is 16.9 Å². The van der Waals surface area contributed by atoms with E-state index in [-0.39, 0.29) is 58.1 Å². The van der Waals surface area contributed by atoms with E-state index in [1.165, 1.54) is 0 Å². The van der Waals surface area contributed by atoms with Crippen LogP contribution in [0, 0.1) is 23.6 Å². The van der Waals surface area contributed by atoms with Crippen LogP contribution >= 0.6 is 0 Å². The van der Waals surface area contributed by atoms with Gasteiger partial charge in [0.15, 0.2) is 0 Å². The summed E-state index contributed by atoms with van der Waals surface area (Å²) in [5.41, 5.74) is 6.20. The fourth-order valence-electron chi connectivity index (χ4n) is 6.35. The SMILES string of the molecule is [B]=C1C(C(N)=O)=C(O)CC2CC3Cc4c(F)c5c(c(O)c4C(O)=C3C(=O)C12)CCN(C(C)C)C5. The van der Waals surface area contributed by atoms with E-state index in [1.807, 2.05) is 13.8 Å². The van der Waals surface area contributed by atoms with Gasteiger partial charge in [0.25, 0.3) is 0 Å².